The van der Waals surface area contributed by atoms with E-state index in [4.69, 9.17) is 0 Å². The lowest BCUT2D eigenvalue weighted by Crippen LogP contribution is -2.38. The molecule has 1 saturated carbocycles. The Morgan fingerprint density at radius 1 is 1.22 bits per heavy atom. The van der Waals surface area contributed by atoms with E-state index in [1.807, 2.05) is 6.07 Å². The van der Waals surface area contributed by atoms with Crippen LogP contribution in [0.15, 0.2) is 36.5 Å². The third kappa shape index (κ3) is 4.69. The van der Waals surface area contributed by atoms with Crippen LogP contribution < -0.4 is 5.32 Å². The first-order chi connectivity index (χ1) is 13.0. The van der Waals surface area contributed by atoms with Crippen molar-refractivity contribution in [1.29, 1.82) is 0 Å². The van der Waals surface area contributed by atoms with Gasteiger partial charge in [-0.2, -0.15) is 0 Å². The van der Waals surface area contributed by atoms with Crippen molar-refractivity contribution >= 4 is 0 Å². The zero-order valence-electron chi connectivity index (χ0n) is 15.8. The molecule has 3 N–H and O–H groups in total. The Morgan fingerprint density at radius 2 is 2.00 bits per heavy atom. The summed E-state index contributed by atoms with van der Waals surface area (Å²) < 4.78 is 14.1. The topological polar surface area (TPSA) is 78.3 Å². The predicted molar refractivity (Wildman–Crippen MR) is 102 cm³/mol. The maximum absolute atomic E-state index is 14.1. The molecule has 0 bridgehead atoms. The average Bonchev–Trinajstić information content (AvgIpc) is 2.95. The van der Waals surface area contributed by atoms with Gasteiger partial charge in [-0.25, -0.2) is 14.4 Å². The van der Waals surface area contributed by atoms with Crippen molar-refractivity contribution in [3.8, 4) is 11.4 Å². The normalized spacial score (nSPS) is 25.3. The summed E-state index contributed by atoms with van der Waals surface area (Å²) in [5.74, 6) is 0.378. The first kappa shape index (κ1) is 19.9. The maximum atomic E-state index is 14.1. The van der Waals surface area contributed by atoms with Crippen LogP contribution >= 0.6 is 0 Å². The minimum Gasteiger partial charge on any atom is -0.396 e. The summed E-state index contributed by atoms with van der Waals surface area (Å²) >= 11 is 0. The highest BCUT2D eigenvalue weighted by Crippen LogP contribution is 2.35. The second-order valence-corrected chi connectivity index (χ2v) is 7.78. The van der Waals surface area contributed by atoms with Gasteiger partial charge in [0, 0.05) is 30.5 Å². The number of hydrogen-bond acceptors (Lipinski definition) is 5. The van der Waals surface area contributed by atoms with Crippen LogP contribution in [0.3, 0.4) is 0 Å². The van der Waals surface area contributed by atoms with E-state index in [1.54, 1.807) is 24.4 Å². The summed E-state index contributed by atoms with van der Waals surface area (Å²) in [4.78, 5) is 8.76. The highest BCUT2D eigenvalue weighted by atomic mass is 19.1. The van der Waals surface area contributed by atoms with E-state index in [0.717, 1.165) is 12.2 Å². The molecule has 2 aromatic rings. The lowest BCUT2D eigenvalue weighted by Gasteiger charge is -2.25. The molecule has 0 aliphatic heterocycles. The van der Waals surface area contributed by atoms with Gasteiger partial charge in [0.15, 0.2) is 5.82 Å². The number of aromatic nitrogens is 2. The van der Waals surface area contributed by atoms with E-state index in [0.29, 0.717) is 30.1 Å². The van der Waals surface area contributed by atoms with Gasteiger partial charge >= 0.3 is 0 Å². The summed E-state index contributed by atoms with van der Waals surface area (Å²) in [7, 11) is 0. The standard InChI is InChI=1S/C21H28FN3O2/c1-13(2)11-24-19-10-20(27)17(12-26)16(19)9-14-7-8-23-21(25-14)15-5-3-4-6-18(15)22/h3-8,13,16-17,19-20,24,26-27H,9-12H2,1-2H3/t16-,17-,19-,20-/m1/s1. The van der Waals surface area contributed by atoms with Crippen molar-refractivity contribution in [3.05, 3.63) is 48.0 Å². The van der Waals surface area contributed by atoms with Gasteiger partial charge in [-0.05, 0) is 49.4 Å². The molecule has 27 heavy (non-hydrogen) atoms. The number of halogens is 1. The molecule has 0 unspecified atom stereocenters. The molecular weight excluding hydrogens is 345 g/mol. The number of nitrogens with one attached hydrogen (secondary N) is 1. The second kappa shape index (κ2) is 8.87. The smallest absolute Gasteiger partial charge is 0.162 e. The van der Waals surface area contributed by atoms with Crippen LogP contribution in [0.2, 0.25) is 0 Å². The van der Waals surface area contributed by atoms with Crippen LogP contribution in [0.4, 0.5) is 4.39 Å². The molecule has 4 atom stereocenters. The van der Waals surface area contributed by atoms with Crippen LogP contribution in [0.5, 0.6) is 0 Å². The molecule has 1 aliphatic carbocycles. The summed E-state index contributed by atoms with van der Waals surface area (Å²) in [6.07, 6.45) is 2.33. The SMILES string of the molecule is CC(C)CN[C@@H]1C[C@@H](O)[C@H](CO)[C@H]1Cc1ccnc(-c2ccccc2F)n1. The Balaban J connectivity index is 1.81. The fourth-order valence-electron chi connectivity index (χ4n) is 3.89. The van der Waals surface area contributed by atoms with Crippen molar-refractivity contribution in [1.82, 2.24) is 15.3 Å². The van der Waals surface area contributed by atoms with Crippen LogP contribution in [0.25, 0.3) is 11.4 Å². The summed E-state index contributed by atoms with van der Waals surface area (Å²) in [6, 6.07) is 8.40. The number of rotatable bonds is 7. The zero-order valence-corrected chi connectivity index (χ0v) is 15.8. The van der Waals surface area contributed by atoms with Gasteiger partial charge in [-0.1, -0.05) is 26.0 Å². The Bertz CT molecular complexity index is 756. The van der Waals surface area contributed by atoms with E-state index < -0.39 is 6.10 Å². The molecule has 5 nitrogen and oxygen atoms in total. The molecule has 1 aliphatic rings. The monoisotopic (exact) mass is 373 g/mol. The molecule has 1 aromatic heterocycles. The van der Waals surface area contributed by atoms with Gasteiger partial charge in [0.2, 0.25) is 0 Å². The van der Waals surface area contributed by atoms with Gasteiger partial charge in [0.05, 0.1) is 11.7 Å². The number of aliphatic hydroxyl groups is 2. The van der Waals surface area contributed by atoms with Gasteiger partial charge in [-0.15, -0.1) is 0 Å². The van der Waals surface area contributed by atoms with E-state index in [9.17, 15) is 14.6 Å². The first-order valence-corrected chi connectivity index (χ1v) is 9.58. The van der Waals surface area contributed by atoms with Crippen molar-refractivity contribution in [2.24, 2.45) is 17.8 Å². The fraction of sp³-hybridized carbons (Fsp3) is 0.524. The predicted octanol–water partition coefficient (Wildman–Crippen LogP) is 2.43. The third-order valence-corrected chi connectivity index (χ3v) is 5.33. The number of benzene rings is 1. The van der Waals surface area contributed by atoms with Crippen molar-refractivity contribution in [2.45, 2.75) is 38.8 Å². The minimum absolute atomic E-state index is 0.0586. The van der Waals surface area contributed by atoms with E-state index in [1.165, 1.54) is 6.07 Å². The molecule has 0 spiro atoms. The molecule has 1 heterocycles. The molecule has 1 fully saturated rings. The Hall–Kier alpha value is -1.89. The highest BCUT2D eigenvalue weighted by Gasteiger charge is 2.42. The molecule has 146 valence electrons. The Kier molecular flexibility index (Phi) is 6.52. The average molecular weight is 373 g/mol. The van der Waals surface area contributed by atoms with Crippen LogP contribution in [0.1, 0.15) is 26.0 Å². The van der Waals surface area contributed by atoms with Gasteiger partial charge in [0.25, 0.3) is 0 Å². The maximum Gasteiger partial charge on any atom is 0.162 e. The molecule has 1 aromatic carbocycles. The summed E-state index contributed by atoms with van der Waals surface area (Å²) in [5, 5.41) is 23.7. The second-order valence-electron chi connectivity index (χ2n) is 7.78. The van der Waals surface area contributed by atoms with Crippen LogP contribution in [0, 0.1) is 23.6 Å². The summed E-state index contributed by atoms with van der Waals surface area (Å²) in [6.45, 7) is 5.08. The lowest BCUT2D eigenvalue weighted by atomic mass is 9.88. The number of aliphatic hydroxyl groups excluding tert-OH is 2. The molecule has 6 heteroatoms. The fourth-order valence-corrected chi connectivity index (χ4v) is 3.89. The van der Waals surface area contributed by atoms with E-state index >= 15 is 0 Å². The molecule has 0 amide bonds. The van der Waals surface area contributed by atoms with E-state index in [-0.39, 0.29) is 30.3 Å². The Labute approximate surface area is 159 Å². The minimum atomic E-state index is -0.530. The van der Waals surface area contributed by atoms with Crippen LogP contribution in [-0.2, 0) is 6.42 Å². The van der Waals surface area contributed by atoms with Crippen molar-refractivity contribution in [3.63, 3.8) is 0 Å². The van der Waals surface area contributed by atoms with Gasteiger partial charge in [0.1, 0.15) is 5.82 Å². The quantitative estimate of drug-likeness (QED) is 0.695. The van der Waals surface area contributed by atoms with Gasteiger partial charge < -0.3 is 15.5 Å². The van der Waals surface area contributed by atoms with Crippen molar-refractivity contribution in [2.75, 3.05) is 13.2 Å². The third-order valence-electron chi connectivity index (χ3n) is 5.33. The first-order valence-electron chi connectivity index (χ1n) is 9.58. The molecular formula is C21H28FN3O2. The highest BCUT2D eigenvalue weighted by molar-refractivity contribution is 5.55. The van der Waals surface area contributed by atoms with Gasteiger partial charge in [-0.3, -0.25) is 0 Å². The Morgan fingerprint density at radius 3 is 2.70 bits per heavy atom. The van der Waals surface area contributed by atoms with Crippen LogP contribution in [-0.4, -0.2) is 45.5 Å². The molecule has 3 rings (SSSR count). The van der Waals surface area contributed by atoms with Crippen molar-refractivity contribution < 1.29 is 14.6 Å². The largest absolute Gasteiger partial charge is 0.396 e. The number of hydrogen-bond donors (Lipinski definition) is 3. The summed E-state index contributed by atoms with van der Waals surface area (Å²) in [5.41, 5.74) is 1.16. The zero-order chi connectivity index (χ0) is 19.4. The lowest BCUT2D eigenvalue weighted by molar-refractivity contribution is 0.0716. The number of nitrogens with zero attached hydrogens (tertiary/aromatic N) is 2. The molecule has 0 radical (unpaired) electrons. The van der Waals surface area contributed by atoms with E-state index in [2.05, 4.69) is 29.1 Å². The molecule has 0 saturated heterocycles.